The molecular weight excluding hydrogens is 901 g/mol. The van der Waals surface area contributed by atoms with Crippen molar-refractivity contribution in [3.05, 3.63) is 144 Å². The molecule has 2 fully saturated rings. The number of aliphatic hydroxyl groups is 1. The maximum Gasteiger partial charge on any atom is 0.329 e. The number of rotatable bonds is 15. The number of cyclic esters (lactones) is 1. The van der Waals surface area contributed by atoms with E-state index in [1.54, 1.807) is 44.2 Å². The molecule has 1 spiro atoms. The van der Waals surface area contributed by atoms with E-state index < -0.39 is 95.2 Å². The summed E-state index contributed by atoms with van der Waals surface area (Å²) in [5, 5.41) is 15.1. The number of carbonyl (C=O) groups excluding carboxylic acids is 7. The van der Waals surface area contributed by atoms with Gasteiger partial charge in [0.05, 0.1) is 51.6 Å². The first-order valence-corrected chi connectivity index (χ1v) is 22.6. The minimum absolute atomic E-state index is 0.0147. The summed E-state index contributed by atoms with van der Waals surface area (Å²) in [7, 11) is 3.43. The van der Waals surface area contributed by atoms with Crippen LogP contribution in [0.25, 0.3) is 0 Å². The number of fused-ring (bicyclic) bond motifs is 3. The van der Waals surface area contributed by atoms with Crippen molar-refractivity contribution in [1.29, 1.82) is 0 Å². The molecule has 2 saturated heterocycles. The molecule has 4 amide bonds. The molecule has 0 aromatic heterocycles. The molecule has 7 atom stereocenters. The van der Waals surface area contributed by atoms with Crippen LogP contribution in [0.3, 0.4) is 0 Å². The maximum atomic E-state index is 16.5. The molecule has 0 saturated carbocycles. The maximum absolute atomic E-state index is 16.5. The van der Waals surface area contributed by atoms with Crippen LogP contribution in [0.2, 0.25) is 0 Å². The normalized spacial score (nSPS) is 21.7. The van der Waals surface area contributed by atoms with Gasteiger partial charge in [0.25, 0.3) is 0 Å². The fraction of sp³-hybridized carbons (Fsp3) is 0.340. The van der Waals surface area contributed by atoms with Gasteiger partial charge in [-0.2, -0.15) is 0 Å². The van der Waals surface area contributed by atoms with Crippen molar-refractivity contribution in [2.45, 2.75) is 56.0 Å². The highest BCUT2D eigenvalue weighted by molar-refractivity contribution is 6.25. The molecule has 0 unspecified atom stereocenters. The van der Waals surface area contributed by atoms with E-state index in [-0.39, 0.29) is 43.0 Å². The Balaban J connectivity index is 1.57. The molecule has 3 aliphatic heterocycles. The molecule has 17 nitrogen and oxygen atoms in total. The number of amides is 4. The van der Waals surface area contributed by atoms with Gasteiger partial charge in [-0.1, -0.05) is 105 Å². The molecule has 7 rings (SSSR count). The number of carbonyl (C=O) groups is 7. The number of aliphatic hydroxyl groups excluding tert-OH is 1. The number of morpholine rings is 1. The number of esters is 4. The van der Waals surface area contributed by atoms with Crippen molar-refractivity contribution in [3.63, 3.8) is 0 Å². The van der Waals surface area contributed by atoms with Crippen molar-refractivity contribution in [3.8, 4) is 17.6 Å². The van der Waals surface area contributed by atoms with Crippen molar-refractivity contribution < 1.29 is 62.4 Å². The Kier molecular flexibility index (Phi) is 15.5. The molecule has 0 radical (unpaired) electrons. The Bertz CT molecular complexity index is 2690. The second-order valence-corrected chi connectivity index (χ2v) is 17.1. The van der Waals surface area contributed by atoms with Crippen molar-refractivity contribution in [1.82, 2.24) is 15.5 Å². The first-order chi connectivity index (χ1) is 33.8. The van der Waals surface area contributed by atoms with E-state index in [9.17, 15) is 24.3 Å². The van der Waals surface area contributed by atoms with Crippen LogP contribution in [0.5, 0.6) is 5.75 Å². The van der Waals surface area contributed by atoms with E-state index in [1.807, 2.05) is 65.6 Å². The summed E-state index contributed by atoms with van der Waals surface area (Å²) in [4.78, 5) is 103. The van der Waals surface area contributed by atoms with Gasteiger partial charge in [-0.25, -0.2) is 14.5 Å². The molecule has 17 heteroatoms. The highest BCUT2D eigenvalue weighted by Crippen LogP contribution is 2.66. The summed E-state index contributed by atoms with van der Waals surface area (Å²) in [6, 6.07) is 23.6. The lowest BCUT2D eigenvalue weighted by atomic mass is 9.65. The Hall–Kier alpha value is -7.81. The van der Waals surface area contributed by atoms with Crippen LogP contribution >= 0.6 is 0 Å². The van der Waals surface area contributed by atoms with Gasteiger partial charge in [0.2, 0.25) is 11.8 Å². The van der Waals surface area contributed by atoms with Gasteiger partial charge < -0.3 is 39.4 Å². The van der Waals surface area contributed by atoms with Crippen molar-refractivity contribution >= 4 is 47.4 Å². The first kappa shape index (κ1) is 50.1. The van der Waals surface area contributed by atoms with E-state index in [4.69, 9.17) is 23.7 Å². The Morgan fingerprint density at radius 3 is 2.04 bits per heavy atom. The third kappa shape index (κ3) is 9.23. The molecule has 0 bridgehead atoms. The van der Waals surface area contributed by atoms with Gasteiger partial charge in [-0.05, 0) is 58.5 Å². The molecule has 3 aliphatic rings. The standard InChI is InChI=1S/C53H54N4O13/c1-7-27-54-46(59)40-43-50(63)70-44(34-18-12-9-13-19-34)42(33-16-10-8-11-17-33)57(43)45(35-22-24-36(25-23-35)69-29-28-58)53(40)38-30-32(15-14-20-37(47(60)66-4)48(61)67-5)21-26-39(38)56(51(53)64)52(65)55-41(31(2)3)49(62)68-6/h7-13,16-19,21-26,30-31,37,40-45,58H,1,20,27-29H2,2-6H3,(H,54,59)(H,55,65)/t40-,41-,42-,43-,44+,45+,53-/m0/s1. The monoisotopic (exact) mass is 954 g/mol. The molecule has 4 aromatic carbocycles. The fourth-order valence-electron chi connectivity index (χ4n) is 9.80. The minimum Gasteiger partial charge on any atom is -0.491 e. The number of methoxy groups -OCH3 is 3. The molecule has 3 N–H and O–H groups in total. The summed E-state index contributed by atoms with van der Waals surface area (Å²) >= 11 is 0. The molecule has 0 aliphatic carbocycles. The molecule has 3 heterocycles. The average Bonchev–Trinajstić information content (AvgIpc) is 3.83. The molecule has 4 aromatic rings. The number of ether oxygens (including phenoxy) is 5. The lowest BCUT2D eigenvalue weighted by molar-refractivity contribution is -0.178. The number of nitrogens with one attached hydrogen (secondary N) is 2. The number of imide groups is 1. The number of hydrogen-bond acceptors (Lipinski definition) is 14. The predicted octanol–water partition coefficient (Wildman–Crippen LogP) is 4.64. The van der Waals surface area contributed by atoms with Gasteiger partial charge >= 0.3 is 29.9 Å². The number of anilines is 1. The molecule has 364 valence electrons. The van der Waals surface area contributed by atoms with Gasteiger partial charge in [0.15, 0.2) is 5.92 Å². The lowest BCUT2D eigenvalue weighted by Gasteiger charge is -2.46. The summed E-state index contributed by atoms with van der Waals surface area (Å²) in [6.45, 7) is 6.81. The van der Waals surface area contributed by atoms with E-state index in [0.29, 0.717) is 22.4 Å². The predicted molar refractivity (Wildman–Crippen MR) is 252 cm³/mol. The van der Waals surface area contributed by atoms with E-state index in [0.717, 1.165) is 19.1 Å². The number of hydrogen-bond donors (Lipinski definition) is 3. The topological polar surface area (TPSA) is 216 Å². The molecular formula is C53H54N4O13. The number of nitrogens with zero attached hydrogens (tertiary/aromatic N) is 2. The second-order valence-electron chi connectivity index (χ2n) is 17.1. The van der Waals surface area contributed by atoms with Crippen LogP contribution in [0.1, 0.15) is 66.3 Å². The van der Waals surface area contributed by atoms with Gasteiger partial charge in [0, 0.05) is 18.5 Å². The zero-order valence-corrected chi connectivity index (χ0v) is 39.3. The average molecular weight is 955 g/mol. The zero-order chi connectivity index (χ0) is 50.3. The first-order valence-electron chi connectivity index (χ1n) is 22.6. The number of urea groups is 1. The highest BCUT2D eigenvalue weighted by Gasteiger charge is 2.75. The summed E-state index contributed by atoms with van der Waals surface area (Å²) in [5.74, 6) is -2.31. The third-order valence-corrected chi connectivity index (χ3v) is 12.8. The minimum atomic E-state index is -2.19. The van der Waals surface area contributed by atoms with Crippen LogP contribution in [-0.2, 0) is 53.1 Å². The van der Waals surface area contributed by atoms with Crippen LogP contribution in [0.4, 0.5) is 10.5 Å². The quantitative estimate of drug-likeness (QED) is 0.0487. The second kappa shape index (κ2) is 21.6. The van der Waals surface area contributed by atoms with Crippen LogP contribution in [0.15, 0.2) is 116 Å². The highest BCUT2D eigenvalue weighted by atomic mass is 16.6. The summed E-state index contributed by atoms with van der Waals surface area (Å²) in [6.07, 6.45) is 0.135. The van der Waals surface area contributed by atoms with Gasteiger partial charge in [0.1, 0.15) is 36.0 Å². The third-order valence-electron chi connectivity index (χ3n) is 12.8. The zero-order valence-electron chi connectivity index (χ0n) is 39.3. The summed E-state index contributed by atoms with van der Waals surface area (Å²) < 4.78 is 26.9. The Morgan fingerprint density at radius 1 is 0.829 bits per heavy atom. The SMILES string of the molecule is C=CCNC(=O)[C@@H]1[C@H]2C(=O)O[C@H](c3ccccc3)[C@H](c3ccccc3)N2[C@H](c2ccc(OCCO)cc2)[C@@]12C(=O)N(C(=O)N[C@H](C(=O)OC)C(C)C)c1ccc(C#CCC(C(=O)OC)C(=O)OC)cc12. The van der Waals surface area contributed by atoms with Crippen LogP contribution in [0, 0.1) is 29.6 Å². The van der Waals surface area contributed by atoms with Crippen molar-refractivity contribution in [2.24, 2.45) is 17.8 Å². The van der Waals surface area contributed by atoms with Crippen LogP contribution < -0.4 is 20.3 Å². The van der Waals surface area contributed by atoms with E-state index in [1.165, 1.54) is 25.3 Å². The van der Waals surface area contributed by atoms with Crippen LogP contribution in [-0.4, -0.2) is 105 Å². The lowest BCUT2D eigenvalue weighted by Crippen LogP contribution is -2.57. The largest absolute Gasteiger partial charge is 0.491 e. The number of benzene rings is 4. The Labute approximate surface area is 405 Å². The fourth-order valence-corrected chi connectivity index (χ4v) is 9.80. The summed E-state index contributed by atoms with van der Waals surface area (Å²) in [5.41, 5.74) is -0.0967. The Morgan fingerprint density at radius 2 is 1.46 bits per heavy atom. The smallest absolute Gasteiger partial charge is 0.329 e. The van der Waals surface area contributed by atoms with E-state index >= 15 is 14.4 Å². The van der Waals surface area contributed by atoms with E-state index in [2.05, 4.69) is 29.1 Å². The van der Waals surface area contributed by atoms with Gasteiger partial charge in [-0.3, -0.25) is 28.9 Å². The molecule has 70 heavy (non-hydrogen) atoms. The van der Waals surface area contributed by atoms with Gasteiger partial charge in [-0.15, -0.1) is 6.58 Å². The van der Waals surface area contributed by atoms with Crippen molar-refractivity contribution in [2.75, 3.05) is 46.0 Å².